The van der Waals surface area contributed by atoms with Gasteiger partial charge in [-0.3, -0.25) is 0 Å². The van der Waals surface area contributed by atoms with Crippen molar-refractivity contribution in [2.45, 2.75) is 38.8 Å². The lowest BCUT2D eigenvalue weighted by Gasteiger charge is -2.18. The molecule has 0 amide bonds. The third kappa shape index (κ3) is 5.21. The van der Waals surface area contributed by atoms with Gasteiger partial charge in [0.15, 0.2) is 6.10 Å². The van der Waals surface area contributed by atoms with Crippen molar-refractivity contribution < 1.29 is 35.3 Å². The minimum absolute atomic E-state index is 0.0805. The van der Waals surface area contributed by atoms with E-state index in [0.717, 1.165) is 0 Å². The number of esters is 1. The normalized spacial score (nSPS) is 14.6. The summed E-state index contributed by atoms with van der Waals surface area (Å²) in [5.74, 6) is -1.36. The molecule has 0 aliphatic carbocycles. The van der Waals surface area contributed by atoms with E-state index in [4.69, 9.17) is 0 Å². The van der Waals surface area contributed by atoms with Crippen LogP contribution in [0.2, 0.25) is 0 Å². The number of hydrogen-bond acceptors (Lipinski definition) is 5. The Labute approximate surface area is 103 Å². The first kappa shape index (κ1) is 17.2. The maximum Gasteiger partial charge on any atom is 0.523 e. The number of carbonyl (C=O) groups is 1. The van der Waals surface area contributed by atoms with E-state index in [1.807, 2.05) is 0 Å². The van der Waals surface area contributed by atoms with E-state index in [0.29, 0.717) is 0 Å². The Morgan fingerprint density at radius 1 is 1.28 bits per heavy atom. The second-order valence-electron chi connectivity index (χ2n) is 3.87. The van der Waals surface area contributed by atoms with Crippen molar-refractivity contribution in [1.29, 1.82) is 0 Å². The van der Waals surface area contributed by atoms with Crippen LogP contribution in [0.4, 0.5) is 13.2 Å². The van der Waals surface area contributed by atoms with Crippen molar-refractivity contribution in [3.63, 3.8) is 0 Å². The Bertz CT molecular complexity index is 374. The average molecular weight is 292 g/mol. The van der Waals surface area contributed by atoms with E-state index in [1.165, 1.54) is 6.92 Å². The number of halogens is 3. The molecular formula is C9H15F3O5S. The zero-order chi connectivity index (χ0) is 14.6. The molecule has 0 radical (unpaired) electrons. The maximum absolute atomic E-state index is 12.1. The topological polar surface area (TPSA) is 69.7 Å². The molecule has 0 spiro atoms. The predicted molar refractivity (Wildman–Crippen MR) is 55.9 cm³/mol. The number of rotatable bonds is 6. The molecule has 0 aliphatic rings. The lowest BCUT2D eigenvalue weighted by molar-refractivity contribution is -0.152. The highest BCUT2D eigenvalue weighted by molar-refractivity contribution is 7.87. The first-order valence-corrected chi connectivity index (χ1v) is 6.58. The third-order valence-corrected chi connectivity index (χ3v) is 2.81. The van der Waals surface area contributed by atoms with Gasteiger partial charge in [0.2, 0.25) is 0 Å². The van der Waals surface area contributed by atoms with Crippen molar-refractivity contribution in [3.8, 4) is 0 Å². The molecule has 18 heavy (non-hydrogen) atoms. The molecule has 5 nitrogen and oxygen atoms in total. The minimum atomic E-state index is -5.81. The van der Waals surface area contributed by atoms with E-state index < -0.39 is 27.7 Å². The largest absolute Gasteiger partial charge is 0.523 e. The second-order valence-corrected chi connectivity index (χ2v) is 5.43. The van der Waals surface area contributed by atoms with Gasteiger partial charge in [-0.25, -0.2) is 8.98 Å². The van der Waals surface area contributed by atoms with E-state index in [2.05, 4.69) is 8.92 Å². The molecule has 0 aromatic carbocycles. The number of alkyl halides is 3. The molecule has 0 N–H and O–H groups in total. The van der Waals surface area contributed by atoms with Crippen molar-refractivity contribution in [1.82, 2.24) is 0 Å². The summed E-state index contributed by atoms with van der Waals surface area (Å²) in [5.41, 5.74) is -5.56. The molecule has 0 aliphatic heterocycles. The van der Waals surface area contributed by atoms with Crippen LogP contribution in [0.5, 0.6) is 0 Å². The molecular weight excluding hydrogens is 277 g/mol. The Morgan fingerprint density at radius 3 is 2.11 bits per heavy atom. The van der Waals surface area contributed by atoms with Crippen LogP contribution in [0.25, 0.3) is 0 Å². The summed E-state index contributed by atoms with van der Waals surface area (Å²) in [7, 11) is -5.81. The van der Waals surface area contributed by atoms with Gasteiger partial charge in [0, 0.05) is 0 Å². The van der Waals surface area contributed by atoms with E-state index in [1.54, 1.807) is 13.8 Å². The fourth-order valence-electron chi connectivity index (χ4n) is 1.05. The Balaban J connectivity index is 4.96. The minimum Gasteiger partial charge on any atom is -0.464 e. The fraction of sp³-hybridized carbons (Fsp3) is 0.889. The van der Waals surface area contributed by atoms with Crippen molar-refractivity contribution in [3.05, 3.63) is 0 Å². The molecule has 9 heteroatoms. The van der Waals surface area contributed by atoms with Crippen molar-refractivity contribution in [2.75, 3.05) is 6.61 Å². The zero-order valence-electron chi connectivity index (χ0n) is 10.2. The van der Waals surface area contributed by atoms with Crippen LogP contribution >= 0.6 is 0 Å². The van der Waals surface area contributed by atoms with Crippen LogP contribution in [0.3, 0.4) is 0 Å². The van der Waals surface area contributed by atoms with Gasteiger partial charge in [-0.2, -0.15) is 21.6 Å². The number of ether oxygens (including phenoxy) is 1. The molecule has 0 bridgehead atoms. The monoisotopic (exact) mass is 292 g/mol. The summed E-state index contributed by atoms with van der Waals surface area (Å²) in [5, 5.41) is 0. The molecule has 0 fully saturated rings. The highest BCUT2D eigenvalue weighted by atomic mass is 32.2. The smallest absolute Gasteiger partial charge is 0.464 e. The first-order chi connectivity index (χ1) is 8.01. The molecule has 1 atom stereocenters. The standard InChI is InChI=1S/C9H15F3O5S/c1-4-16-8(13)7(5-6(2)3)17-18(14,15)9(10,11)12/h6-7H,4-5H2,1-3H3/t7-/m1/s1. The van der Waals surface area contributed by atoms with Gasteiger partial charge in [0.25, 0.3) is 0 Å². The summed E-state index contributed by atoms with van der Waals surface area (Å²) in [6, 6.07) is 0. The van der Waals surface area contributed by atoms with Crippen LogP contribution < -0.4 is 0 Å². The van der Waals surface area contributed by atoms with Crippen LogP contribution in [0, 0.1) is 5.92 Å². The maximum atomic E-state index is 12.1. The number of hydrogen-bond donors (Lipinski definition) is 0. The zero-order valence-corrected chi connectivity index (χ0v) is 11.0. The van der Waals surface area contributed by atoms with Crippen LogP contribution in [-0.4, -0.2) is 32.6 Å². The molecule has 0 saturated carbocycles. The van der Waals surface area contributed by atoms with Crippen molar-refractivity contribution >= 4 is 16.1 Å². The van der Waals surface area contributed by atoms with Crippen LogP contribution in [-0.2, 0) is 23.8 Å². The van der Waals surface area contributed by atoms with E-state index in [-0.39, 0.29) is 18.9 Å². The molecule has 0 heterocycles. The average Bonchev–Trinajstić information content (AvgIpc) is 2.14. The SMILES string of the molecule is CCOC(=O)[C@@H](CC(C)C)OS(=O)(=O)C(F)(F)F. The van der Waals surface area contributed by atoms with Gasteiger partial charge >= 0.3 is 21.6 Å². The van der Waals surface area contributed by atoms with E-state index >= 15 is 0 Å². The van der Waals surface area contributed by atoms with Crippen molar-refractivity contribution in [2.24, 2.45) is 5.92 Å². The van der Waals surface area contributed by atoms with Gasteiger partial charge in [0.1, 0.15) is 0 Å². The summed E-state index contributed by atoms with van der Waals surface area (Å²) in [6.07, 6.45) is -1.97. The third-order valence-electron chi connectivity index (χ3n) is 1.76. The lowest BCUT2D eigenvalue weighted by atomic mass is 10.1. The molecule has 0 unspecified atom stereocenters. The van der Waals surface area contributed by atoms with Gasteiger partial charge in [-0.1, -0.05) is 13.8 Å². The molecule has 0 aromatic rings. The van der Waals surface area contributed by atoms with Gasteiger partial charge in [0.05, 0.1) is 6.61 Å². The summed E-state index contributed by atoms with van der Waals surface area (Å²) in [4.78, 5) is 11.3. The quantitative estimate of drug-likeness (QED) is 0.424. The van der Waals surface area contributed by atoms with Gasteiger partial charge in [-0.05, 0) is 19.3 Å². The van der Waals surface area contributed by atoms with Gasteiger partial charge < -0.3 is 4.74 Å². The summed E-state index contributed by atoms with van der Waals surface area (Å²) < 4.78 is 66.3. The highest BCUT2D eigenvalue weighted by Crippen LogP contribution is 2.27. The van der Waals surface area contributed by atoms with Crippen LogP contribution in [0.1, 0.15) is 27.2 Å². The predicted octanol–water partition coefficient (Wildman–Crippen LogP) is 1.83. The fourth-order valence-corrected chi connectivity index (χ4v) is 1.62. The Hall–Kier alpha value is -0.830. The molecule has 0 rings (SSSR count). The first-order valence-electron chi connectivity index (χ1n) is 5.17. The van der Waals surface area contributed by atoms with E-state index in [9.17, 15) is 26.4 Å². The molecule has 0 aromatic heterocycles. The summed E-state index contributed by atoms with van der Waals surface area (Å²) in [6.45, 7) is 4.58. The van der Waals surface area contributed by atoms with Gasteiger partial charge in [-0.15, -0.1) is 0 Å². The van der Waals surface area contributed by atoms with Crippen LogP contribution in [0.15, 0.2) is 0 Å². The molecule has 108 valence electrons. The number of carbonyl (C=O) groups excluding carboxylic acids is 1. The summed E-state index contributed by atoms with van der Waals surface area (Å²) >= 11 is 0. The Morgan fingerprint density at radius 2 is 1.78 bits per heavy atom. The Kier molecular flexibility index (Phi) is 6.08. The lowest BCUT2D eigenvalue weighted by Crippen LogP contribution is -2.36. The highest BCUT2D eigenvalue weighted by Gasteiger charge is 2.49. The molecule has 0 saturated heterocycles. The second kappa shape index (κ2) is 6.37.